The maximum absolute atomic E-state index is 12.2. The topological polar surface area (TPSA) is 86.5 Å². The summed E-state index contributed by atoms with van der Waals surface area (Å²) in [6.07, 6.45) is 1.84. The average molecular weight is 339 g/mol. The van der Waals surface area contributed by atoms with Gasteiger partial charge in [0, 0.05) is 18.6 Å². The Morgan fingerprint density at radius 1 is 1.12 bits per heavy atom. The third-order valence-electron chi connectivity index (χ3n) is 3.46. The predicted molar refractivity (Wildman–Crippen MR) is 92.9 cm³/mol. The Hall–Kier alpha value is -3.28. The van der Waals surface area contributed by atoms with Gasteiger partial charge in [-0.05, 0) is 24.1 Å². The lowest BCUT2D eigenvalue weighted by atomic mass is 10.1. The molecule has 0 atom stereocenters. The molecule has 2 rings (SSSR count). The number of hydrogen-bond acceptors (Lipinski definition) is 5. The molecule has 0 radical (unpaired) electrons. The molecular formula is C19H17NO5. The molecule has 0 N–H and O–H groups in total. The molecule has 0 aromatic heterocycles. The van der Waals surface area contributed by atoms with Gasteiger partial charge in [-0.15, -0.1) is 0 Å². The first-order chi connectivity index (χ1) is 12.0. The van der Waals surface area contributed by atoms with Crippen molar-refractivity contribution < 1.29 is 19.2 Å². The van der Waals surface area contributed by atoms with E-state index in [2.05, 4.69) is 0 Å². The fraction of sp³-hybridized carbons (Fsp3) is 0.158. The van der Waals surface area contributed by atoms with Crippen molar-refractivity contribution in [2.24, 2.45) is 0 Å². The first-order valence-electron chi connectivity index (χ1n) is 7.65. The molecular weight excluding hydrogens is 322 g/mol. The molecule has 0 amide bonds. The van der Waals surface area contributed by atoms with Crippen LogP contribution in [-0.4, -0.2) is 23.3 Å². The van der Waals surface area contributed by atoms with E-state index in [0.29, 0.717) is 12.0 Å². The zero-order chi connectivity index (χ0) is 18.2. The van der Waals surface area contributed by atoms with Crippen LogP contribution in [0.15, 0.2) is 60.2 Å². The predicted octanol–water partition coefficient (Wildman–Crippen LogP) is 3.35. The lowest BCUT2D eigenvalue weighted by Crippen LogP contribution is -2.15. The fourth-order valence-electron chi connectivity index (χ4n) is 2.18. The zero-order valence-corrected chi connectivity index (χ0v) is 13.7. The first kappa shape index (κ1) is 18.1. The van der Waals surface area contributed by atoms with Crippen LogP contribution >= 0.6 is 0 Å². The summed E-state index contributed by atoms with van der Waals surface area (Å²) < 4.78 is 5.16. The number of hydrogen-bond donors (Lipinski definition) is 0. The highest BCUT2D eigenvalue weighted by Crippen LogP contribution is 2.16. The molecule has 0 bridgehead atoms. The summed E-state index contributed by atoms with van der Waals surface area (Å²) in [6, 6.07) is 15.2. The number of Topliss-reactive ketones (excluding diaryl/α,β-unsaturated/α-hetero) is 1. The summed E-state index contributed by atoms with van der Waals surface area (Å²) in [5, 5.41) is 10.8. The number of non-ortho nitro benzene ring substituents is 1. The van der Waals surface area contributed by atoms with E-state index >= 15 is 0 Å². The summed E-state index contributed by atoms with van der Waals surface area (Å²) in [6.45, 7) is 1.39. The van der Waals surface area contributed by atoms with E-state index in [-0.39, 0.29) is 17.9 Å². The Kier molecular flexibility index (Phi) is 6.17. The van der Waals surface area contributed by atoms with E-state index in [9.17, 15) is 19.7 Å². The van der Waals surface area contributed by atoms with Crippen molar-refractivity contribution in [1.29, 1.82) is 0 Å². The highest BCUT2D eigenvalue weighted by molar-refractivity contribution is 6.19. The van der Waals surface area contributed by atoms with Gasteiger partial charge in [0.15, 0.2) is 5.78 Å². The van der Waals surface area contributed by atoms with E-state index in [0.717, 1.165) is 5.56 Å². The number of rotatable bonds is 7. The van der Waals surface area contributed by atoms with Crippen molar-refractivity contribution in [3.63, 3.8) is 0 Å². The van der Waals surface area contributed by atoms with Crippen molar-refractivity contribution in [2.75, 3.05) is 6.61 Å². The minimum atomic E-state index is -0.741. The van der Waals surface area contributed by atoms with Gasteiger partial charge in [0.2, 0.25) is 0 Å². The molecule has 0 unspecified atom stereocenters. The molecule has 0 saturated heterocycles. The number of nitro groups is 1. The van der Waals surface area contributed by atoms with Gasteiger partial charge in [0.05, 0.1) is 11.5 Å². The van der Waals surface area contributed by atoms with Gasteiger partial charge >= 0.3 is 5.97 Å². The number of nitrogens with zero attached hydrogens (tertiary/aromatic N) is 1. The molecule has 6 nitrogen and oxygen atoms in total. The number of carbonyl (C=O) groups excluding carboxylic acids is 2. The second-order valence-electron chi connectivity index (χ2n) is 5.34. The van der Waals surface area contributed by atoms with Gasteiger partial charge < -0.3 is 4.74 Å². The zero-order valence-electron chi connectivity index (χ0n) is 13.7. The van der Waals surface area contributed by atoms with Crippen molar-refractivity contribution in [2.45, 2.75) is 13.3 Å². The number of ketones is 1. The lowest BCUT2D eigenvalue weighted by Gasteiger charge is -2.06. The van der Waals surface area contributed by atoms with Crippen LogP contribution in [0, 0.1) is 10.1 Å². The molecule has 128 valence electrons. The second-order valence-corrected chi connectivity index (χ2v) is 5.34. The van der Waals surface area contributed by atoms with E-state index in [4.69, 9.17) is 4.74 Å². The van der Waals surface area contributed by atoms with E-state index < -0.39 is 16.7 Å². The molecule has 0 saturated carbocycles. The van der Waals surface area contributed by atoms with Gasteiger partial charge in [-0.2, -0.15) is 0 Å². The Balaban J connectivity index is 2.08. The van der Waals surface area contributed by atoms with Crippen molar-refractivity contribution in [3.05, 3.63) is 81.4 Å². The van der Waals surface area contributed by atoms with Crippen LogP contribution in [0.2, 0.25) is 0 Å². The summed E-state index contributed by atoms with van der Waals surface area (Å²) in [4.78, 5) is 34.2. The number of carbonyl (C=O) groups is 2. The summed E-state index contributed by atoms with van der Waals surface area (Å²) in [5.41, 5.74) is 1.14. The van der Waals surface area contributed by atoms with Crippen LogP contribution in [0.3, 0.4) is 0 Å². The number of benzene rings is 2. The number of esters is 1. The lowest BCUT2D eigenvalue weighted by molar-refractivity contribution is -0.384. The van der Waals surface area contributed by atoms with Crippen LogP contribution in [0.5, 0.6) is 0 Å². The SMILES string of the molecule is CC(=O)C(=Cc1cccc([N+](=O)[O-])c1)C(=O)OCCc1ccccc1. The van der Waals surface area contributed by atoms with Crippen LogP contribution < -0.4 is 0 Å². The summed E-state index contributed by atoms with van der Waals surface area (Å²) in [5.74, 6) is -1.20. The van der Waals surface area contributed by atoms with Crippen LogP contribution in [0.4, 0.5) is 5.69 Å². The molecule has 0 heterocycles. The minimum Gasteiger partial charge on any atom is -0.462 e. The number of ether oxygens (including phenoxy) is 1. The Labute approximate surface area is 144 Å². The third kappa shape index (κ3) is 5.39. The quantitative estimate of drug-likeness (QED) is 0.193. The maximum atomic E-state index is 12.2. The Morgan fingerprint density at radius 2 is 1.84 bits per heavy atom. The van der Waals surface area contributed by atoms with Crippen molar-refractivity contribution in [1.82, 2.24) is 0 Å². The minimum absolute atomic E-state index is 0.117. The third-order valence-corrected chi connectivity index (χ3v) is 3.46. The largest absolute Gasteiger partial charge is 0.462 e. The standard InChI is InChI=1S/C19H17NO5/c1-14(21)18(13-16-8-5-9-17(12-16)20(23)24)19(22)25-11-10-15-6-3-2-4-7-15/h2-9,12-13H,10-11H2,1H3. The van der Waals surface area contributed by atoms with E-state index in [1.165, 1.54) is 31.2 Å². The van der Waals surface area contributed by atoms with Crippen LogP contribution in [-0.2, 0) is 20.7 Å². The smallest absolute Gasteiger partial charge is 0.341 e. The fourth-order valence-corrected chi connectivity index (χ4v) is 2.18. The molecule has 0 aliphatic heterocycles. The second kappa shape index (κ2) is 8.54. The van der Waals surface area contributed by atoms with E-state index in [1.807, 2.05) is 30.3 Å². The molecule has 0 aliphatic carbocycles. The normalized spacial score (nSPS) is 11.0. The van der Waals surface area contributed by atoms with Gasteiger partial charge in [-0.1, -0.05) is 42.5 Å². The number of nitro benzene ring substituents is 1. The molecule has 2 aromatic carbocycles. The van der Waals surface area contributed by atoms with Gasteiger partial charge in [-0.3, -0.25) is 14.9 Å². The van der Waals surface area contributed by atoms with Crippen LogP contribution in [0.25, 0.3) is 6.08 Å². The maximum Gasteiger partial charge on any atom is 0.341 e. The van der Waals surface area contributed by atoms with Gasteiger partial charge in [0.1, 0.15) is 5.57 Å². The molecule has 25 heavy (non-hydrogen) atoms. The van der Waals surface area contributed by atoms with Crippen LogP contribution in [0.1, 0.15) is 18.1 Å². The van der Waals surface area contributed by atoms with E-state index in [1.54, 1.807) is 6.07 Å². The molecule has 0 spiro atoms. The monoisotopic (exact) mass is 339 g/mol. The molecule has 0 aliphatic rings. The molecule has 6 heteroatoms. The summed E-state index contributed by atoms with van der Waals surface area (Å²) in [7, 11) is 0. The highest BCUT2D eigenvalue weighted by atomic mass is 16.6. The van der Waals surface area contributed by atoms with Gasteiger partial charge in [0.25, 0.3) is 5.69 Å². The first-order valence-corrected chi connectivity index (χ1v) is 7.65. The Bertz CT molecular complexity index is 812. The summed E-state index contributed by atoms with van der Waals surface area (Å²) >= 11 is 0. The Morgan fingerprint density at radius 3 is 2.48 bits per heavy atom. The van der Waals surface area contributed by atoms with Gasteiger partial charge in [-0.25, -0.2) is 4.79 Å². The van der Waals surface area contributed by atoms with Crippen molar-refractivity contribution >= 4 is 23.5 Å². The molecule has 2 aromatic rings. The van der Waals surface area contributed by atoms with Crippen molar-refractivity contribution in [3.8, 4) is 0 Å². The highest BCUT2D eigenvalue weighted by Gasteiger charge is 2.17. The average Bonchev–Trinajstić information content (AvgIpc) is 2.60. The molecule has 0 fully saturated rings.